The molecule has 0 aliphatic rings. The molecule has 0 fully saturated rings. The molecule has 0 atom stereocenters. The molecule has 4 nitrogen and oxygen atoms in total. The number of hydrogen-bond donors (Lipinski definition) is 2. The van der Waals surface area contributed by atoms with Crippen LogP contribution in [0.1, 0.15) is 54.2 Å². The van der Waals surface area contributed by atoms with E-state index in [1.54, 1.807) is 18.2 Å². The van der Waals surface area contributed by atoms with Gasteiger partial charge >= 0.3 is 0 Å². The fourth-order valence-corrected chi connectivity index (χ4v) is 2.78. The summed E-state index contributed by atoms with van der Waals surface area (Å²) >= 11 is 0. The molecule has 0 unspecified atom stereocenters. The third kappa shape index (κ3) is 4.45. The van der Waals surface area contributed by atoms with Crippen molar-refractivity contribution in [3.05, 3.63) is 58.7 Å². The van der Waals surface area contributed by atoms with Gasteiger partial charge in [0.15, 0.2) is 5.78 Å². The van der Waals surface area contributed by atoms with Gasteiger partial charge in [-0.2, -0.15) is 0 Å². The Hall–Kier alpha value is -2.75. The van der Waals surface area contributed by atoms with Gasteiger partial charge < -0.3 is 14.9 Å². The predicted molar refractivity (Wildman–Crippen MR) is 104 cm³/mol. The number of ether oxygens (including phenoxy) is 1. The first-order valence-electron chi connectivity index (χ1n) is 9.03. The average Bonchev–Trinajstić information content (AvgIpc) is 2.65. The molecule has 0 heterocycles. The van der Waals surface area contributed by atoms with E-state index in [0.29, 0.717) is 30.8 Å². The largest absolute Gasteiger partial charge is 0.508 e. The van der Waals surface area contributed by atoms with E-state index in [2.05, 4.69) is 0 Å². The molecular formula is C22H26O4. The van der Waals surface area contributed by atoms with Crippen LogP contribution in [0.2, 0.25) is 0 Å². The molecule has 2 N–H and O–H groups in total. The van der Waals surface area contributed by atoms with E-state index < -0.39 is 0 Å². The summed E-state index contributed by atoms with van der Waals surface area (Å²) in [5.74, 6) is 0.886. The Bertz CT molecular complexity index is 789. The zero-order valence-electron chi connectivity index (χ0n) is 15.6. The molecule has 0 saturated heterocycles. The lowest BCUT2D eigenvalue weighted by molar-refractivity contribution is 0.104. The van der Waals surface area contributed by atoms with E-state index in [1.165, 1.54) is 18.2 Å². The van der Waals surface area contributed by atoms with Crippen LogP contribution in [0, 0.1) is 0 Å². The van der Waals surface area contributed by atoms with Gasteiger partial charge in [0.2, 0.25) is 0 Å². The third-order valence-corrected chi connectivity index (χ3v) is 4.21. The second kappa shape index (κ2) is 9.09. The Balaban J connectivity index is 2.42. The molecule has 0 aliphatic carbocycles. The highest BCUT2D eigenvalue weighted by molar-refractivity contribution is 6.07. The van der Waals surface area contributed by atoms with Crippen LogP contribution >= 0.6 is 0 Å². The molecule has 138 valence electrons. The van der Waals surface area contributed by atoms with Crippen molar-refractivity contribution in [2.75, 3.05) is 6.61 Å². The molecule has 0 aromatic heterocycles. The normalized spacial score (nSPS) is 11.0. The number of carbonyl (C=O) groups excluding carboxylic acids is 1. The zero-order chi connectivity index (χ0) is 19.1. The summed E-state index contributed by atoms with van der Waals surface area (Å²) in [5, 5.41) is 19.8. The second-order valence-corrected chi connectivity index (χ2v) is 6.08. The molecular weight excluding hydrogens is 328 g/mol. The first-order valence-corrected chi connectivity index (χ1v) is 9.03. The molecule has 2 rings (SSSR count). The molecule has 0 bridgehead atoms. The topological polar surface area (TPSA) is 66.8 Å². The first-order chi connectivity index (χ1) is 12.5. The Morgan fingerprint density at radius 1 is 1.08 bits per heavy atom. The van der Waals surface area contributed by atoms with E-state index in [-0.39, 0.29) is 17.3 Å². The number of benzene rings is 2. The predicted octanol–water partition coefficient (Wildman–Crippen LogP) is 4.91. The lowest BCUT2D eigenvalue weighted by Gasteiger charge is -2.17. The van der Waals surface area contributed by atoms with Gasteiger partial charge in [0, 0.05) is 16.7 Å². The van der Waals surface area contributed by atoms with Gasteiger partial charge in [0.25, 0.3) is 0 Å². The average molecular weight is 354 g/mol. The number of aryl methyl sites for hydroxylation is 1. The van der Waals surface area contributed by atoms with E-state index in [1.807, 2.05) is 26.8 Å². The fraction of sp³-hybridized carbons (Fsp3) is 0.318. The Morgan fingerprint density at radius 2 is 1.77 bits per heavy atom. The fourth-order valence-electron chi connectivity index (χ4n) is 2.78. The maximum atomic E-state index is 12.4. The third-order valence-electron chi connectivity index (χ3n) is 4.21. The minimum atomic E-state index is -0.157. The molecule has 2 aromatic rings. The standard InChI is InChI=1S/C22H26O4/c1-4-13-26-22-17(14-15(5-2)21(25)19(22)6-3)9-12-20(24)16-7-10-18(23)11-8-16/h7-12,14,23,25H,4-6,13H2,1-3H3/b12-9+. The van der Waals surface area contributed by atoms with Gasteiger partial charge in [0.1, 0.15) is 17.2 Å². The van der Waals surface area contributed by atoms with Crippen LogP contribution in [0.15, 0.2) is 36.4 Å². The summed E-state index contributed by atoms with van der Waals surface area (Å²) in [6, 6.07) is 8.02. The summed E-state index contributed by atoms with van der Waals surface area (Å²) in [4.78, 5) is 12.4. The van der Waals surface area contributed by atoms with Crippen LogP contribution in [-0.4, -0.2) is 22.6 Å². The van der Waals surface area contributed by atoms with Gasteiger partial charge in [-0.05, 0) is 67.3 Å². The number of rotatable bonds is 8. The van der Waals surface area contributed by atoms with Gasteiger partial charge in [-0.25, -0.2) is 0 Å². The number of carbonyl (C=O) groups is 1. The second-order valence-electron chi connectivity index (χ2n) is 6.08. The highest BCUT2D eigenvalue weighted by atomic mass is 16.5. The number of ketones is 1. The molecule has 0 spiro atoms. The molecule has 0 radical (unpaired) electrons. The number of phenols is 2. The highest BCUT2D eigenvalue weighted by Gasteiger charge is 2.16. The van der Waals surface area contributed by atoms with E-state index in [4.69, 9.17) is 4.74 Å². The summed E-state index contributed by atoms with van der Waals surface area (Å²) in [6.07, 6.45) is 5.43. The number of aromatic hydroxyl groups is 2. The summed E-state index contributed by atoms with van der Waals surface area (Å²) < 4.78 is 5.89. The van der Waals surface area contributed by atoms with E-state index in [9.17, 15) is 15.0 Å². The molecule has 0 aliphatic heterocycles. The maximum Gasteiger partial charge on any atom is 0.185 e. The van der Waals surface area contributed by atoms with Gasteiger partial charge in [-0.15, -0.1) is 0 Å². The maximum absolute atomic E-state index is 12.4. The van der Waals surface area contributed by atoms with Crippen molar-refractivity contribution in [2.24, 2.45) is 0 Å². The number of phenolic OH excluding ortho intramolecular Hbond substituents is 2. The SMILES string of the molecule is CCCOc1c(/C=C/C(=O)c2ccc(O)cc2)cc(CC)c(O)c1CC. The van der Waals surface area contributed by atoms with Gasteiger partial charge in [0.05, 0.1) is 6.61 Å². The first kappa shape index (κ1) is 19.6. The van der Waals surface area contributed by atoms with E-state index >= 15 is 0 Å². The van der Waals surface area contributed by atoms with Crippen LogP contribution in [0.25, 0.3) is 6.08 Å². The Labute approximate surface area is 154 Å². The molecule has 26 heavy (non-hydrogen) atoms. The molecule has 0 saturated carbocycles. The van der Waals surface area contributed by atoms with Gasteiger partial charge in [-0.3, -0.25) is 4.79 Å². The minimum absolute atomic E-state index is 0.125. The van der Waals surface area contributed by atoms with Crippen LogP contribution < -0.4 is 4.74 Å². The summed E-state index contributed by atoms with van der Waals surface area (Å²) in [7, 11) is 0. The van der Waals surface area contributed by atoms with Crippen LogP contribution in [0.3, 0.4) is 0 Å². The smallest absolute Gasteiger partial charge is 0.185 e. The summed E-state index contributed by atoms with van der Waals surface area (Å²) in [5.41, 5.74) is 2.90. The van der Waals surface area contributed by atoms with Crippen molar-refractivity contribution in [1.29, 1.82) is 0 Å². The molecule has 2 aromatic carbocycles. The number of hydrogen-bond acceptors (Lipinski definition) is 4. The van der Waals surface area contributed by atoms with Crippen molar-refractivity contribution in [2.45, 2.75) is 40.0 Å². The molecule has 0 amide bonds. The van der Waals surface area contributed by atoms with Crippen molar-refractivity contribution in [1.82, 2.24) is 0 Å². The monoisotopic (exact) mass is 354 g/mol. The van der Waals surface area contributed by atoms with Crippen LogP contribution in [0.4, 0.5) is 0 Å². The molecule has 4 heteroatoms. The lowest BCUT2D eigenvalue weighted by atomic mass is 9.98. The number of allylic oxidation sites excluding steroid dienone is 1. The van der Waals surface area contributed by atoms with Crippen molar-refractivity contribution in [3.63, 3.8) is 0 Å². The minimum Gasteiger partial charge on any atom is -0.508 e. The van der Waals surface area contributed by atoms with E-state index in [0.717, 1.165) is 23.1 Å². The van der Waals surface area contributed by atoms with Crippen molar-refractivity contribution < 1.29 is 19.7 Å². The zero-order valence-corrected chi connectivity index (χ0v) is 15.6. The van der Waals surface area contributed by atoms with Crippen molar-refractivity contribution >= 4 is 11.9 Å². The van der Waals surface area contributed by atoms with Gasteiger partial charge in [-0.1, -0.05) is 20.8 Å². The van der Waals surface area contributed by atoms with Crippen LogP contribution in [-0.2, 0) is 12.8 Å². The quantitative estimate of drug-likeness (QED) is 0.522. The lowest BCUT2D eigenvalue weighted by Crippen LogP contribution is -2.03. The van der Waals surface area contributed by atoms with Crippen molar-refractivity contribution in [3.8, 4) is 17.2 Å². The Kier molecular flexibility index (Phi) is 6.84. The highest BCUT2D eigenvalue weighted by Crippen LogP contribution is 2.37. The van der Waals surface area contributed by atoms with Crippen LogP contribution in [0.5, 0.6) is 17.2 Å². The summed E-state index contributed by atoms with van der Waals surface area (Å²) in [6.45, 7) is 6.53. The Morgan fingerprint density at radius 3 is 2.35 bits per heavy atom.